The van der Waals surface area contributed by atoms with E-state index in [2.05, 4.69) is 15.9 Å². The molecule has 1 aliphatic heterocycles. The summed E-state index contributed by atoms with van der Waals surface area (Å²) in [5.74, 6) is 0.121. The van der Waals surface area contributed by atoms with Gasteiger partial charge in [-0.2, -0.15) is 4.31 Å². The van der Waals surface area contributed by atoms with Crippen molar-refractivity contribution in [3.05, 3.63) is 52.4 Å². The van der Waals surface area contributed by atoms with Crippen molar-refractivity contribution in [2.75, 3.05) is 26.2 Å². The Morgan fingerprint density at radius 2 is 1.88 bits per heavy atom. The van der Waals surface area contributed by atoms with Crippen LogP contribution in [0.25, 0.3) is 0 Å². The van der Waals surface area contributed by atoms with Gasteiger partial charge in [-0.25, -0.2) is 8.42 Å². The third kappa shape index (κ3) is 3.26. The standard InChI is InChI=1S/C16H17BrN2O4S/c1-12-5-10-23-15(12)16(20)18-6-8-19(9-7-18)24(21,22)14-4-2-3-13(17)11-14/h2-5,10-11H,6-9H2,1H3. The van der Waals surface area contributed by atoms with E-state index >= 15 is 0 Å². The van der Waals surface area contributed by atoms with Gasteiger partial charge < -0.3 is 9.32 Å². The Bertz CT molecular complexity index is 854. The first-order valence-electron chi connectivity index (χ1n) is 7.48. The lowest BCUT2D eigenvalue weighted by molar-refractivity contribution is 0.0665. The lowest BCUT2D eigenvalue weighted by Gasteiger charge is -2.33. The number of hydrogen-bond acceptors (Lipinski definition) is 4. The second kappa shape index (κ2) is 6.70. The summed E-state index contributed by atoms with van der Waals surface area (Å²) in [7, 11) is -3.55. The first kappa shape index (κ1) is 17.2. The summed E-state index contributed by atoms with van der Waals surface area (Å²) in [6.07, 6.45) is 1.48. The molecule has 0 radical (unpaired) electrons. The SMILES string of the molecule is Cc1ccoc1C(=O)N1CCN(S(=O)(=O)c2cccc(Br)c2)CC1. The highest BCUT2D eigenvalue weighted by Crippen LogP contribution is 2.22. The molecule has 1 fully saturated rings. The van der Waals surface area contributed by atoms with Crippen LogP contribution in [-0.2, 0) is 10.0 Å². The average Bonchev–Trinajstić information content (AvgIpc) is 3.00. The summed E-state index contributed by atoms with van der Waals surface area (Å²) in [5, 5.41) is 0. The van der Waals surface area contributed by atoms with Crippen molar-refractivity contribution in [3.63, 3.8) is 0 Å². The summed E-state index contributed by atoms with van der Waals surface area (Å²) in [4.78, 5) is 14.3. The second-order valence-corrected chi connectivity index (χ2v) is 8.44. The normalized spacial score (nSPS) is 16.3. The lowest BCUT2D eigenvalue weighted by Crippen LogP contribution is -2.50. The topological polar surface area (TPSA) is 70.8 Å². The highest BCUT2D eigenvalue weighted by molar-refractivity contribution is 9.10. The lowest BCUT2D eigenvalue weighted by atomic mass is 10.2. The van der Waals surface area contributed by atoms with E-state index in [-0.39, 0.29) is 23.9 Å². The number of rotatable bonds is 3. The fraction of sp³-hybridized carbons (Fsp3) is 0.312. The van der Waals surface area contributed by atoms with Gasteiger partial charge in [0.1, 0.15) is 0 Å². The van der Waals surface area contributed by atoms with Crippen molar-refractivity contribution >= 4 is 31.9 Å². The fourth-order valence-electron chi connectivity index (χ4n) is 2.64. The zero-order valence-corrected chi connectivity index (χ0v) is 15.5. The van der Waals surface area contributed by atoms with Crippen LogP contribution in [0.3, 0.4) is 0 Å². The molecule has 24 heavy (non-hydrogen) atoms. The third-order valence-corrected chi connectivity index (χ3v) is 6.40. The molecule has 0 N–H and O–H groups in total. The van der Waals surface area contributed by atoms with E-state index in [4.69, 9.17) is 4.42 Å². The molecule has 2 aromatic rings. The molecule has 1 aromatic heterocycles. The van der Waals surface area contributed by atoms with E-state index in [9.17, 15) is 13.2 Å². The largest absolute Gasteiger partial charge is 0.459 e. The Labute approximate surface area is 149 Å². The molecule has 1 aliphatic rings. The molecule has 128 valence electrons. The molecule has 0 unspecified atom stereocenters. The zero-order valence-electron chi connectivity index (χ0n) is 13.1. The van der Waals surface area contributed by atoms with Crippen LogP contribution in [0, 0.1) is 6.92 Å². The number of piperazine rings is 1. The average molecular weight is 413 g/mol. The van der Waals surface area contributed by atoms with E-state index < -0.39 is 10.0 Å². The van der Waals surface area contributed by atoms with Crippen molar-refractivity contribution in [2.24, 2.45) is 0 Å². The number of sulfonamides is 1. The molecular formula is C16H17BrN2O4S. The maximum atomic E-state index is 12.7. The first-order chi connectivity index (χ1) is 11.4. The van der Waals surface area contributed by atoms with Crippen LogP contribution in [0.15, 0.2) is 50.4 Å². The molecular weight excluding hydrogens is 396 g/mol. The molecule has 0 spiro atoms. The van der Waals surface area contributed by atoms with Crippen molar-refractivity contribution in [2.45, 2.75) is 11.8 Å². The Morgan fingerprint density at radius 3 is 2.46 bits per heavy atom. The molecule has 0 aliphatic carbocycles. The summed E-state index contributed by atoms with van der Waals surface area (Å²) in [6, 6.07) is 8.36. The summed E-state index contributed by atoms with van der Waals surface area (Å²) >= 11 is 3.29. The predicted molar refractivity (Wildman–Crippen MR) is 92.2 cm³/mol. The maximum Gasteiger partial charge on any atom is 0.289 e. The van der Waals surface area contributed by atoms with Crippen LogP contribution in [0.1, 0.15) is 16.1 Å². The van der Waals surface area contributed by atoms with Gasteiger partial charge in [0.25, 0.3) is 5.91 Å². The molecule has 0 saturated carbocycles. The molecule has 6 nitrogen and oxygen atoms in total. The van der Waals surface area contributed by atoms with Gasteiger partial charge in [0.05, 0.1) is 11.2 Å². The monoisotopic (exact) mass is 412 g/mol. The molecule has 1 aromatic carbocycles. The van der Waals surface area contributed by atoms with Gasteiger partial charge >= 0.3 is 0 Å². The summed E-state index contributed by atoms with van der Waals surface area (Å²) < 4.78 is 32.7. The van der Waals surface area contributed by atoms with Gasteiger partial charge in [0, 0.05) is 36.2 Å². The Morgan fingerprint density at radius 1 is 1.17 bits per heavy atom. The van der Waals surface area contributed by atoms with Gasteiger partial charge in [0.2, 0.25) is 10.0 Å². The first-order valence-corrected chi connectivity index (χ1v) is 9.72. The number of hydrogen-bond donors (Lipinski definition) is 0. The van der Waals surface area contributed by atoms with Crippen LogP contribution in [0.2, 0.25) is 0 Å². The Hall–Kier alpha value is -1.64. The molecule has 8 heteroatoms. The molecule has 0 atom stereocenters. The van der Waals surface area contributed by atoms with Gasteiger partial charge in [-0.3, -0.25) is 4.79 Å². The minimum atomic E-state index is -3.55. The van der Waals surface area contributed by atoms with E-state index in [1.807, 2.05) is 6.92 Å². The fourth-order valence-corrected chi connectivity index (χ4v) is 4.66. The van der Waals surface area contributed by atoms with E-state index in [0.717, 1.165) is 5.56 Å². The minimum Gasteiger partial charge on any atom is -0.459 e. The number of nitrogens with zero attached hydrogens (tertiary/aromatic N) is 2. The Kier molecular flexibility index (Phi) is 4.80. The maximum absolute atomic E-state index is 12.7. The number of aryl methyl sites for hydroxylation is 1. The molecule has 2 heterocycles. The van der Waals surface area contributed by atoms with Crippen LogP contribution in [0.5, 0.6) is 0 Å². The molecule has 0 bridgehead atoms. The third-order valence-electron chi connectivity index (χ3n) is 4.02. The van der Waals surface area contributed by atoms with Crippen LogP contribution >= 0.6 is 15.9 Å². The van der Waals surface area contributed by atoms with Crippen LogP contribution in [0.4, 0.5) is 0 Å². The smallest absolute Gasteiger partial charge is 0.289 e. The van der Waals surface area contributed by atoms with Gasteiger partial charge in [-0.15, -0.1) is 0 Å². The number of benzene rings is 1. The highest BCUT2D eigenvalue weighted by atomic mass is 79.9. The van der Waals surface area contributed by atoms with Crippen molar-refractivity contribution in [1.82, 2.24) is 9.21 Å². The number of halogens is 1. The molecule has 1 amide bonds. The van der Waals surface area contributed by atoms with Crippen molar-refractivity contribution < 1.29 is 17.6 Å². The number of carbonyl (C=O) groups excluding carboxylic acids is 1. The van der Waals surface area contributed by atoms with Crippen molar-refractivity contribution in [3.8, 4) is 0 Å². The van der Waals surface area contributed by atoms with E-state index in [0.29, 0.717) is 23.3 Å². The van der Waals surface area contributed by atoms with Gasteiger partial charge in [-0.05, 0) is 31.2 Å². The van der Waals surface area contributed by atoms with E-state index in [1.54, 1.807) is 35.2 Å². The number of amides is 1. The van der Waals surface area contributed by atoms with Gasteiger partial charge in [-0.1, -0.05) is 22.0 Å². The summed E-state index contributed by atoms with van der Waals surface area (Å²) in [5.41, 5.74) is 0.782. The molecule has 3 rings (SSSR count). The number of carbonyl (C=O) groups is 1. The predicted octanol–water partition coefficient (Wildman–Crippen LogP) is 2.50. The van der Waals surface area contributed by atoms with E-state index in [1.165, 1.54) is 10.6 Å². The number of furan rings is 1. The summed E-state index contributed by atoms with van der Waals surface area (Å²) in [6.45, 7) is 3.02. The second-order valence-electron chi connectivity index (χ2n) is 5.59. The van der Waals surface area contributed by atoms with Crippen LogP contribution < -0.4 is 0 Å². The highest BCUT2D eigenvalue weighted by Gasteiger charge is 2.31. The molecule has 1 saturated heterocycles. The quantitative estimate of drug-likeness (QED) is 0.776. The Balaban J connectivity index is 1.71. The van der Waals surface area contributed by atoms with Crippen LogP contribution in [-0.4, -0.2) is 49.7 Å². The van der Waals surface area contributed by atoms with Gasteiger partial charge in [0.15, 0.2) is 5.76 Å². The zero-order chi connectivity index (χ0) is 17.3. The van der Waals surface area contributed by atoms with Crippen molar-refractivity contribution in [1.29, 1.82) is 0 Å². The minimum absolute atomic E-state index is 0.197.